The van der Waals surface area contributed by atoms with Gasteiger partial charge in [-0.3, -0.25) is 14.4 Å². The standard InChI is InChI=1S/C45H75N3O34/c1-11-24(59)31(66)32(67)41(73-11)81-38-37(80-40-22(46-12(2)54)30(65)26(61)16(6-50)75-40)28(63)18(8-52)77-43(38)79-36-27(62)17(7-51)76-42(33(36)68)78-34-23(47-13(3)55)39(69)74-19(29(34)64)10-72-45(44(70)71)4-14(56)21(48-20(58)9-53)35(82-45)25(60)15(57)5-49/h11,14-19,21-43,49-53,56-57,59-69H,4-10H2,1-3H3,(H,46,54)(H,47,55)(H,48,58)(H,70,71)/t11-,14-,15+,16+,17+,18+,19+,21+,22+,23-,24+,25+,26-,27-,28-,29-,30+,31+,32-,33+,34+,35+,36-,37-,38+,39?,40+,41-,42-,43-,45+/m0/s1. The highest BCUT2D eigenvalue weighted by atomic mass is 16.8. The molecule has 3 amide bonds. The van der Waals surface area contributed by atoms with E-state index in [1.54, 1.807) is 0 Å². The van der Waals surface area contributed by atoms with Gasteiger partial charge in [0.05, 0.1) is 51.3 Å². The van der Waals surface area contributed by atoms with Gasteiger partial charge in [0.2, 0.25) is 17.7 Å². The molecule has 0 aromatic heterocycles. The topological polar surface area (TPSA) is 590 Å². The maximum atomic E-state index is 12.9. The van der Waals surface area contributed by atoms with Gasteiger partial charge in [-0.05, 0) is 6.92 Å². The Bertz CT molecular complexity index is 2090. The van der Waals surface area contributed by atoms with Gasteiger partial charge in [-0.15, -0.1) is 0 Å². The molecule has 6 heterocycles. The van der Waals surface area contributed by atoms with E-state index in [0.717, 1.165) is 13.8 Å². The monoisotopic (exact) mass is 1200 g/mol. The van der Waals surface area contributed by atoms with Crippen LogP contribution in [0.1, 0.15) is 27.2 Å². The summed E-state index contributed by atoms with van der Waals surface area (Å²) in [7, 11) is 0. The van der Waals surface area contributed by atoms with Crippen molar-refractivity contribution in [1.82, 2.24) is 16.0 Å². The van der Waals surface area contributed by atoms with E-state index in [0.29, 0.717) is 0 Å². The van der Waals surface area contributed by atoms with E-state index in [-0.39, 0.29) is 0 Å². The number of hydrogen-bond donors (Lipinski definition) is 22. The molecule has 0 bridgehead atoms. The zero-order chi connectivity index (χ0) is 61.0. The fourth-order valence-corrected chi connectivity index (χ4v) is 10.2. The maximum Gasteiger partial charge on any atom is 0.364 e. The van der Waals surface area contributed by atoms with Crippen molar-refractivity contribution in [2.24, 2.45) is 0 Å². The van der Waals surface area contributed by atoms with Crippen LogP contribution < -0.4 is 16.0 Å². The second-order valence-corrected chi connectivity index (χ2v) is 20.4. The zero-order valence-corrected chi connectivity index (χ0v) is 43.9. The number of carbonyl (C=O) groups excluding carboxylic acids is 3. The Morgan fingerprint density at radius 3 is 1.62 bits per heavy atom. The van der Waals surface area contributed by atoms with Gasteiger partial charge < -0.3 is 165 Å². The third kappa shape index (κ3) is 14.7. The van der Waals surface area contributed by atoms with Crippen LogP contribution in [0.5, 0.6) is 0 Å². The molecule has 6 fully saturated rings. The number of carboxylic acid groups (broad SMARTS) is 1. The van der Waals surface area contributed by atoms with Crippen molar-refractivity contribution in [2.75, 3.05) is 39.6 Å². The van der Waals surface area contributed by atoms with Crippen molar-refractivity contribution in [3.8, 4) is 0 Å². The highest BCUT2D eigenvalue weighted by Gasteiger charge is 2.60. The average Bonchev–Trinajstić information content (AvgIpc) is 3.63. The molecule has 37 heteroatoms. The summed E-state index contributed by atoms with van der Waals surface area (Å²) >= 11 is 0. The van der Waals surface area contributed by atoms with Crippen molar-refractivity contribution in [2.45, 2.75) is 217 Å². The van der Waals surface area contributed by atoms with Crippen LogP contribution >= 0.6 is 0 Å². The Kier molecular flexibility index (Phi) is 23.9. The van der Waals surface area contributed by atoms with Gasteiger partial charge in [-0.2, -0.15) is 0 Å². The Morgan fingerprint density at radius 1 is 0.537 bits per heavy atom. The van der Waals surface area contributed by atoms with E-state index >= 15 is 0 Å². The first-order chi connectivity index (χ1) is 38.6. The molecular weight excluding hydrogens is 1130 g/mol. The third-order valence-electron chi connectivity index (χ3n) is 14.7. The first-order valence-corrected chi connectivity index (χ1v) is 25.8. The molecule has 37 nitrogen and oxygen atoms in total. The van der Waals surface area contributed by atoms with Crippen LogP contribution in [0.2, 0.25) is 0 Å². The summed E-state index contributed by atoms with van der Waals surface area (Å²) in [5.41, 5.74) is 0. The van der Waals surface area contributed by atoms with E-state index in [1.165, 1.54) is 6.92 Å². The van der Waals surface area contributed by atoms with Crippen molar-refractivity contribution in [3.63, 3.8) is 0 Å². The van der Waals surface area contributed by atoms with E-state index in [2.05, 4.69) is 16.0 Å². The molecule has 6 aliphatic rings. The Morgan fingerprint density at radius 2 is 1.05 bits per heavy atom. The number of amides is 3. The summed E-state index contributed by atoms with van der Waals surface area (Å²) in [5.74, 6) is -8.01. The fourth-order valence-electron chi connectivity index (χ4n) is 10.2. The number of aliphatic carboxylic acids is 1. The number of aliphatic hydroxyl groups excluding tert-OH is 18. The van der Waals surface area contributed by atoms with Crippen molar-refractivity contribution >= 4 is 23.7 Å². The number of aliphatic hydroxyl groups is 18. The van der Waals surface area contributed by atoms with Crippen LogP contribution in [-0.4, -0.2) is 350 Å². The third-order valence-corrected chi connectivity index (χ3v) is 14.7. The number of rotatable bonds is 22. The molecule has 0 aromatic carbocycles. The molecule has 0 aliphatic carbocycles. The molecule has 82 heavy (non-hydrogen) atoms. The van der Waals surface area contributed by atoms with Gasteiger partial charge in [0.25, 0.3) is 5.79 Å². The normalized spacial score (nSPS) is 46.3. The number of nitrogens with one attached hydrogen (secondary N) is 3. The van der Waals surface area contributed by atoms with E-state index in [9.17, 15) is 116 Å². The van der Waals surface area contributed by atoms with E-state index < -0.39 is 259 Å². The van der Waals surface area contributed by atoms with Crippen LogP contribution in [0.25, 0.3) is 0 Å². The summed E-state index contributed by atoms with van der Waals surface area (Å²) in [6.07, 6.45) is -56.2. The van der Waals surface area contributed by atoms with Crippen LogP contribution in [0.4, 0.5) is 0 Å². The first kappa shape index (κ1) is 67.8. The summed E-state index contributed by atoms with van der Waals surface area (Å²) in [4.78, 5) is 49.9. The summed E-state index contributed by atoms with van der Waals surface area (Å²) in [6.45, 7) is -3.51. The molecule has 22 N–H and O–H groups in total. The van der Waals surface area contributed by atoms with E-state index in [4.69, 9.17) is 52.1 Å². The number of carboxylic acids is 1. The molecule has 6 aliphatic heterocycles. The van der Waals surface area contributed by atoms with Gasteiger partial charge in [0.15, 0.2) is 31.5 Å². The average molecular weight is 1200 g/mol. The molecule has 0 saturated carbocycles. The van der Waals surface area contributed by atoms with E-state index in [1.807, 2.05) is 0 Å². The summed E-state index contributed by atoms with van der Waals surface area (Å²) < 4.78 is 63.8. The van der Waals surface area contributed by atoms with Crippen molar-refractivity contribution < 1.29 is 168 Å². The largest absolute Gasteiger partial charge is 0.477 e. The zero-order valence-electron chi connectivity index (χ0n) is 43.9. The van der Waals surface area contributed by atoms with Crippen molar-refractivity contribution in [3.05, 3.63) is 0 Å². The van der Waals surface area contributed by atoms with Gasteiger partial charge in [-0.1, -0.05) is 0 Å². The van der Waals surface area contributed by atoms with Gasteiger partial charge >= 0.3 is 5.97 Å². The summed E-state index contributed by atoms with van der Waals surface area (Å²) in [5, 5.41) is 212. The SMILES string of the molecule is CC(=O)N[C@H]1[C@@H](O[C@H]2[C@@H](O)[C@@H](CO)O[C@@H](O[C@H]3[C@@H](O)[C@@H](CO)O[C@@H](O[C@H]4[C@@H](O)[C@@H](CO[C@]5(C(=O)O)C[C@H](O)[C@@H](NC(=O)CO)[C@H]([C@H](O)[C@H](O)CO)O5)OC(O)[C@H]4NC(C)=O)[C@@H]3O)[C@@H]2O[C@@H]2O[C@@H](C)[C@@H](O)[C@@H](O)[C@@H]2O)O[C@H](CO)[C@H](O)[C@@H]1O. The lowest BCUT2D eigenvalue weighted by Crippen LogP contribution is -2.70. The Hall–Kier alpha value is -3.28. The van der Waals surface area contributed by atoms with Gasteiger partial charge in [-0.25, -0.2) is 4.79 Å². The Labute approximate surface area is 463 Å². The highest BCUT2D eigenvalue weighted by molar-refractivity contribution is 5.78. The minimum Gasteiger partial charge on any atom is -0.477 e. The number of hydrogen-bond acceptors (Lipinski definition) is 33. The summed E-state index contributed by atoms with van der Waals surface area (Å²) in [6, 6.07) is -5.35. The van der Waals surface area contributed by atoms with Gasteiger partial charge in [0, 0.05) is 20.3 Å². The predicted octanol–water partition coefficient (Wildman–Crippen LogP) is -14.5. The van der Waals surface area contributed by atoms with Gasteiger partial charge in [0.1, 0.15) is 141 Å². The molecular formula is C45H75N3O34. The highest BCUT2D eigenvalue weighted by Crippen LogP contribution is 2.39. The molecule has 6 rings (SSSR count). The smallest absolute Gasteiger partial charge is 0.364 e. The first-order valence-electron chi connectivity index (χ1n) is 25.8. The lowest BCUT2D eigenvalue weighted by Gasteiger charge is -2.51. The lowest BCUT2D eigenvalue weighted by molar-refractivity contribution is -0.404. The quantitative estimate of drug-likeness (QED) is 0.0479. The van der Waals surface area contributed by atoms with Crippen molar-refractivity contribution in [1.29, 1.82) is 0 Å². The molecule has 0 radical (unpaired) electrons. The lowest BCUT2D eigenvalue weighted by atomic mass is 9.88. The molecule has 474 valence electrons. The number of ether oxygens (including phenoxy) is 11. The molecule has 1 unspecified atom stereocenters. The van der Waals surface area contributed by atoms with Crippen LogP contribution in [0.3, 0.4) is 0 Å². The fraction of sp³-hybridized carbons (Fsp3) is 0.911. The molecule has 0 spiro atoms. The van der Waals surface area contributed by atoms with Crippen LogP contribution in [-0.2, 0) is 71.3 Å². The maximum absolute atomic E-state index is 12.9. The predicted molar refractivity (Wildman–Crippen MR) is 251 cm³/mol. The molecule has 31 atom stereocenters. The minimum absolute atomic E-state index is 0.824. The second-order valence-electron chi connectivity index (χ2n) is 20.4. The molecule has 0 aromatic rings. The number of carbonyl (C=O) groups is 4. The van der Waals surface area contributed by atoms with Crippen LogP contribution in [0.15, 0.2) is 0 Å². The van der Waals surface area contributed by atoms with Crippen LogP contribution in [0, 0.1) is 0 Å². The second kappa shape index (κ2) is 28.9. The minimum atomic E-state index is -3.09. The molecule has 6 saturated heterocycles. The Balaban J connectivity index is 1.32.